The van der Waals surface area contributed by atoms with Gasteiger partial charge in [0.05, 0.1) is 0 Å². The molecule has 2 atom stereocenters. The summed E-state index contributed by atoms with van der Waals surface area (Å²) in [5.74, 6) is 0.580. The van der Waals surface area contributed by atoms with E-state index in [-0.39, 0.29) is 0 Å². The monoisotopic (exact) mass is 142 g/mol. The quantitative estimate of drug-likeness (QED) is 0.639. The lowest BCUT2D eigenvalue weighted by molar-refractivity contribution is -0.138. The van der Waals surface area contributed by atoms with Crippen molar-refractivity contribution >= 4 is 5.97 Å². The van der Waals surface area contributed by atoms with E-state index in [1.165, 1.54) is 6.42 Å². The van der Waals surface area contributed by atoms with Crippen LogP contribution < -0.4 is 0 Å². The standard InChI is InChI=1S/C8H14O2/c1-6-2-3-7(4-6)5-8(9)10/h6-7H,2-5H2,1H3,(H,9,10)/t6-,7-/m0/s1. The fraction of sp³-hybridized carbons (Fsp3) is 0.875. The van der Waals surface area contributed by atoms with Gasteiger partial charge in [0.25, 0.3) is 0 Å². The van der Waals surface area contributed by atoms with Crippen molar-refractivity contribution in [1.29, 1.82) is 0 Å². The average Bonchev–Trinajstić information content (AvgIpc) is 2.13. The summed E-state index contributed by atoms with van der Waals surface area (Å²) < 4.78 is 0. The first-order chi connectivity index (χ1) is 4.68. The van der Waals surface area contributed by atoms with Gasteiger partial charge in [0.1, 0.15) is 0 Å². The number of aliphatic carboxylic acids is 1. The third kappa shape index (κ3) is 2.01. The van der Waals surface area contributed by atoms with Crippen molar-refractivity contribution in [2.45, 2.75) is 32.6 Å². The Hall–Kier alpha value is -0.530. The van der Waals surface area contributed by atoms with E-state index in [0.717, 1.165) is 18.8 Å². The molecule has 2 nitrogen and oxygen atoms in total. The molecule has 1 aliphatic carbocycles. The zero-order valence-electron chi connectivity index (χ0n) is 6.34. The second-order valence-corrected chi connectivity index (χ2v) is 3.38. The summed E-state index contributed by atoms with van der Waals surface area (Å²) in [5.41, 5.74) is 0. The van der Waals surface area contributed by atoms with Crippen LogP contribution in [0, 0.1) is 11.8 Å². The van der Waals surface area contributed by atoms with E-state index < -0.39 is 5.97 Å². The van der Waals surface area contributed by atoms with E-state index in [9.17, 15) is 4.79 Å². The van der Waals surface area contributed by atoms with Crippen molar-refractivity contribution in [2.75, 3.05) is 0 Å². The van der Waals surface area contributed by atoms with E-state index in [2.05, 4.69) is 6.92 Å². The molecule has 1 saturated carbocycles. The normalized spacial score (nSPS) is 32.5. The Morgan fingerprint density at radius 3 is 2.70 bits per heavy atom. The molecule has 1 rings (SSSR count). The van der Waals surface area contributed by atoms with E-state index >= 15 is 0 Å². The summed E-state index contributed by atoms with van der Waals surface area (Å²) >= 11 is 0. The Labute approximate surface area is 61.2 Å². The first-order valence-electron chi connectivity index (χ1n) is 3.90. The number of hydrogen-bond donors (Lipinski definition) is 1. The Kier molecular flexibility index (Phi) is 2.30. The molecule has 0 aromatic rings. The van der Waals surface area contributed by atoms with Crippen LogP contribution in [0.25, 0.3) is 0 Å². The predicted molar refractivity (Wildman–Crippen MR) is 38.8 cm³/mol. The molecule has 58 valence electrons. The molecule has 0 amide bonds. The van der Waals surface area contributed by atoms with Crippen LogP contribution in [-0.2, 0) is 4.79 Å². The zero-order valence-corrected chi connectivity index (χ0v) is 6.34. The average molecular weight is 142 g/mol. The molecular weight excluding hydrogens is 128 g/mol. The predicted octanol–water partition coefficient (Wildman–Crippen LogP) is 1.90. The van der Waals surface area contributed by atoms with E-state index in [0.29, 0.717) is 12.3 Å². The van der Waals surface area contributed by atoms with Crippen LogP contribution >= 0.6 is 0 Å². The van der Waals surface area contributed by atoms with Gasteiger partial charge in [0.15, 0.2) is 0 Å². The van der Waals surface area contributed by atoms with Crippen molar-refractivity contribution in [1.82, 2.24) is 0 Å². The van der Waals surface area contributed by atoms with Gasteiger partial charge < -0.3 is 5.11 Å². The van der Waals surface area contributed by atoms with E-state index in [1.807, 2.05) is 0 Å². The van der Waals surface area contributed by atoms with Gasteiger partial charge in [-0.1, -0.05) is 13.3 Å². The van der Waals surface area contributed by atoms with E-state index in [4.69, 9.17) is 5.11 Å². The molecule has 0 unspecified atom stereocenters. The molecule has 1 fully saturated rings. The molecule has 1 N–H and O–H groups in total. The molecule has 0 aromatic carbocycles. The van der Waals surface area contributed by atoms with Gasteiger partial charge in [-0.15, -0.1) is 0 Å². The molecule has 0 saturated heterocycles. The highest BCUT2D eigenvalue weighted by Crippen LogP contribution is 2.32. The number of hydrogen-bond acceptors (Lipinski definition) is 1. The van der Waals surface area contributed by atoms with Crippen LogP contribution in [0.15, 0.2) is 0 Å². The highest BCUT2D eigenvalue weighted by Gasteiger charge is 2.22. The van der Waals surface area contributed by atoms with Crippen LogP contribution in [0.3, 0.4) is 0 Å². The minimum atomic E-state index is -0.640. The largest absolute Gasteiger partial charge is 0.481 e. The second kappa shape index (κ2) is 3.04. The Balaban J connectivity index is 2.24. The van der Waals surface area contributed by atoms with Crippen LogP contribution in [0.2, 0.25) is 0 Å². The van der Waals surface area contributed by atoms with Crippen LogP contribution in [0.5, 0.6) is 0 Å². The minimum Gasteiger partial charge on any atom is -0.481 e. The first kappa shape index (κ1) is 7.58. The molecule has 0 spiro atoms. The van der Waals surface area contributed by atoms with Crippen LogP contribution in [0.1, 0.15) is 32.6 Å². The third-order valence-electron chi connectivity index (χ3n) is 2.27. The topological polar surface area (TPSA) is 37.3 Å². The number of carboxylic acids is 1. The van der Waals surface area contributed by atoms with Gasteiger partial charge in [-0.05, 0) is 24.7 Å². The van der Waals surface area contributed by atoms with Crippen molar-refractivity contribution in [3.63, 3.8) is 0 Å². The summed E-state index contributed by atoms with van der Waals surface area (Å²) in [6, 6.07) is 0. The molecule has 0 aromatic heterocycles. The van der Waals surface area contributed by atoms with Gasteiger partial charge in [-0.2, -0.15) is 0 Å². The summed E-state index contributed by atoms with van der Waals surface area (Å²) in [6.45, 7) is 2.20. The van der Waals surface area contributed by atoms with Gasteiger partial charge >= 0.3 is 5.97 Å². The first-order valence-corrected chi connectivity index (χ1v) is 3.90. The Morgan fingerprint density at radius 2 is 2.30 bits per heavy atom. The minimum absolute atomic E-state index is 0.379. The van der Waals surface area contributed by atoms with Crippen molar-refractivity contribution in [2.24, 2.45) is 11.8 Å². The number of carboxylic acid groups (broad SMARTS) is 1. The Morgan fingerprint density at radius 1 is 1.60 bits per heavy atom. The van der Waals surface area contributed by atoms with Crippen molar-refractivity contribution in [3.05, 3.63) is 0 Å². The maximum Gasteiger partial charge on any atom is 0.303 e. The highest BCUT2D eigenvalue weighted by atomic mass is 16.4. The van der Waals surface area contributed by atoms with Crippen LogP contribution in [0.4, 0.5) is 0 Å². The lowest BCUT2D eigenvalue weighted by Gasteiger charge is -2.03. The summed E-state index contributed by atoms with van der Waals surface area (Å²) in [5, 5.41) is 8.46. The maximum absolute atomic E-state index is 10.3. The van der Waals surface area contributed by atoms with Crippen molar-refractivity contribution in [3.8, 4) is 0 Å². The van der Waals surface area contributed by atoms with Gasteiger partial charge in [-0.3, -0.25) is 4.79 Å². The van der Waals surface area contributed by atoms with Gasteiger partial charge in [0, 0.05) is 6.42 Å². The lowest BCUT2D eigenvalue weighted by Crippen LogP contribution is -2.03. The molecule has 10 heavy (non-hydrogen) atoms. The summed E-state index contributed by atoms with van der Waals surface area (Å²) in [7, 11) is 0. The molecule has 0 radical (unpaired) electrons. The highest BCUT2D eigenvalue weighted by molar-refractivity contribution is 5.67. The molecular formula is C8H14O2. The zero-order chi connectivity index (χ0) is 7.56. The molecule has 1 aliphatic rings. The number of rotatable bonds is 2. The van der Waals surface area contributed by atoms with E-state index in [1.54, 1.807) is 0 Å². The number of carbonyl (C=O) groups is 1. The van der Waals surface area contributed by atoms with Gasteiger partial charge in [0.2, 0.25) is 0 Å². The second-order valence-electron chi connectivity index (χ2n) is 3.38. The smallest absolute Gasteiger partial charge is 0.303 e. The third-order valence-corrected chi connectivity index (χ3v) is 2.27. The molecule has 2 heteroatoms. The fourth-order valence-corrected chi connectivity index (χ4v) is 1.76. The molecule has 0 heterocycles. The molecule has 0 bridgehead atoms. The van der Waals surface area contributed by atoms with Crippen LogP contribution in [-0.4, -0.2) is 11.1 Å². The summed E-state index contributed by atoms with van der Waals surface area (Å²) in [4.78, 5) is 10.3. The van der Waals surface area contributed by atoms with Gasteiger partial charge in [-0.25, -0.2) is 0 Å². The maximum atomic E-state index is 10.3. The SMILES string of the molecule is C[C@H]1CC[C@H](CC(=O)O)C1. The molecule has 0 aliphatic heterocycles. The van der Waals surface area contributed by atoms with Crippen molar-refractivity contribution < 1.29 is 9.90 Å². The Bertz CT molecular complexity index is 131. The fourth-order valence-electron chi connectivity index (χ4n) is 1.76. The summed E-state index contributed by atoms with van der Waals surface area (Å²) in [6.07, 6.45) is 3.84. The lowest BCUT2D eigenvalue weighted by atomic mass is 10.0.